The number of ether oxygens (including phenoxy) is 1. The first-order valence-electron chi connectivity index (χ1n) is 9.61. The summed E-state index contributed by atoms with van der Waals surface area (Å²) in [6, 6.07) is 11.1. The van der Waals surface area contributed by atoms with E-state index in [1.165, 1.54) is 0 Å². The number of aromatic nitrogens is 2. The van der Waals surface area contributed by atoms with E-state index < -0.39 is 0 Å². The van der Waals surface area contributed by atoms with Crippen molar-refractivity contribution in [3.8, 4) is 5.88 Å². The average molecular weight is 412 g/mol. The molecule has 1 fully saturated rings. The van der Waals surface area contributed by atoms with Crippen molar-refractivity contribution in [2.24, 2.45) is 0 Å². The minimum atomic E-state index is -0.0345. The van der Waals surface area contributed by atoms with Gasteiger partial charge in [-0.25, -0.2) is 9.97 Å². The Morgan fingerprint density at radius 1 is 1.24 bits per heavy atom. The molecule has 150 valence electrons. The van der Waals surface area contributed by atoms with Gasteiger partial charge in [-0.1, -0.05) is 29.8 Å². The number of benzene rings is 1. The lowest BCUT2D eigenvalue weighted by molar-refractivity contribution is 0.0697. The molecule has 0 spiro atoms. The number of halogens is 1. The molecule has 1 amide bonds. The van der Waals surface area contributed by atoms with Gasteiger partial charge in [-0.3, -0.25) is 4.79 Å². The average Bonchev–Trinajstić information content (AvgIpc) is 3.24. The van der Waals surface area contributed by atoms with Gasteiger partial charge in [0.25, 0.3) is 5.91 Å². The van der Waals surface area contributed by atoms with Crippen molar-refractivity contribution >= 4 is 17.5 Å². The highest BCUT2D eigenvalue weighted by Gasteiger charge is 2.28. The van der Waals surface area contributed by atoms with Crippen LogP contribution < -0.4 is 4.74 Å². The third-order valence-corrected chi connectivity index (χ3v) is 5.51. The van der Waals surface area contributed by atoms with Crippen molar-refractivity contribution < 1.29 is 13.9 Å². The van der Waals surface area contributed by atoms with Crippen molar-refractivity contribution in [2.45, 2.75) is 25.2 Å². The lowest BCUT2D eigenvalue weighted by Gasteiger charge is -2.31. The number of methoxy groups -OCH3 is 1. The number of piperidine rings is 1. The quantitative estimate of drug-likeness (QED) is 0.624. The largest absolute Gasteiger partial charge is 0.481 e. The van der Waals surface area contributed by atoms with Crippen LogP contribution in [0.5, 0.6) is 5.88 Å². The van der Waals surface area contributed by atoms with E-state index in [9.17, 15) is 4.79 Å². The van der Waals surface area contributed by atoms with Gasteiger partial charge in [-0.2, -0.15) is 0 Å². The van der Waals surface area contributed by atoms with E-state index >= 15 is 0 Å². The molecule has 1 saturated heterocycles. The fourth-order valence-electron chi connectivity index (χ4n) is 3.60. The number of rotatable bonds is 5. The van der Waals surface area contributed by atoms with E-state index in [4.69, 9.17) is 20.8 Å². The minimum Gasteiger partial charge on any atom is -0.481 e. The van der Waals surface area contributed by atoms with E-state index in [0.717, 1.165) is 24.2 Å². The highest BCUT2D eigenvalue weighted by atomic mass is 35.5. The lowest BCUT2D eigenvalue weighted by Crippen LogP contribution is -2.39. The number of likely N-dealkylation sites (tertiary alicyclic amines) is 1. The fraction of sp³-hybridized carbons (Fsp3) is 0.318. The maximum absolute atomic E-state index is 12.8. The van der Waals surface area contributed by atoms with E-state index in [0.29, 0.717) is 41.9 Å². The molecule has 2 aromatic heterocycles. The van der Waals surface area contributed by atoms with Gasteiger partial charge in [0.2, 0.25) is 5.88 Å². The van der Waals surface area contributed by atoms with Gasteiger partial charge in [0, 0.05) is 36.8 Å². The molecule has 1 unspecified atom stereocenters. The van der Waals surface area contributed by atoms with E-state index in [1.807, 2.05) is 29.2 Å². The van der Waals surface area contributed by atoms with Crippen LogP contribution in [-0.2, 0) is 6.42 Å². The third kappa shape index (κ3) is 4.43. The number of oxazole rings is 1. The Balaban J connectivity index is 1.44. The molecule has 0 bridgehead atoms. The lowest BCUT2D eigenvalue weighted by atomic mass is 9.97. The van der Waals surface area contributed by atoms with Crippen molar-refractivity contribution in [3.05, 3.63) is 76.6 Å². The molecular weight excluding hydrogens is 390 g/mol. The zero-order chi connectivity index (χ0) is 20.2. The summed E-state index contributed by atoms with van der Waals surface area (Å²) >= 11 is 6.24. The van der Waals surface area contributed by atoms with Gasteiger partial charge in [-0.15, -0.1) is 0 Å². The van der Waals surface area contributed by atoms with Crippen molar-refractivity contribution in [2.75, 3.05) is 20.2 Å². The fourth-order valence-corrected chi connectivity index (χ4v) is 3.80. The molecule has 0 radical (unpaired) electrons. The number of carbonyl (C=O) groups excluding carboxylic acids is 1. The molecule has 7 heteroatoms. The minimum absolute atomic E-state index is 0.0345. The Hall–Kier alpha value is -2.86. The van der Waals surface area contributed by atoms with Crippen LogP contribution in [0.25, 0.3) is 0 Å². The highest BCUT2D eigenvalue weighted by molar-refractivity contribution is 6.31. The van der Waals surface area contributed by atoms with Gasteiger partial charge in [0.1, 0.15) is 5.76 Å². The Labute approximate surface area is 174 Å². The number of hydrogen-bond donors (Lipinski definition) is 0. The second-order valence-electron chi connectivity index (χ2n) is 7.11. The molecule has 6 nitrogen and oxygen atoms in total. The van der Waals surface area contributed by atoms with Gasteiger partial charge in [-0.05, 0) is 30.5 Å². The molecule has 0 N–H and O–H groups in total. The molecule has 3 heterocycles. The molecular formula is C22H22ClN3O3. The van der Waals surface area contributed by atoms with Gasteiger partial charge in [0.15, 0.2) is 5.89 Å². The molecule has 29 heavy (non-hydrogen) atoms. The van der Waals surface area contributed by atoms with Gasteiger partial charge < -0.3 is 14.1 Å². The number of amides is 1. The number of hydrogen-bond acceptors (Lipinski definition) is 5. The van der Waals surface area contributed by atoms with E-state index in [2.05, 4.69) is 9.97 Å². The molecule has 4 rings (SSSR count). The summed E-state index contributed by atoms with van der Waals surface area (Å²) < 4.78 is 11.1. The Morgan fingerprint density at radius 2 is 2.10 bits per heavy atom. The Bertz CT molecular complexity index is 987. The SMILES string of the molecule is COc1ccc(C(=O)N2CCCC(c3ncc(Cc4ccccc4Cl)o3)C2)cn1. The smallest absolute Gasteiger partial charge is 0.255 e. The summed E-state index contributed by atoms with van der Waals surface area (Å²) in [7, 11) is 1.55. The van der Waals surface area contributed by atoms with Crippen molar-refractivity contribution in [1.82, 2.24) is 14.9 Å². The van der Waals surface area contributed by atoms with E-state index in [-0.39, 0.29) is 11.8 Å². The molecule has 1 aliphatic heterocycles. The van der Waals surface area contributed by atoms with Crippen molar-refractivity contribution in [1.29, 1.82) is 0 Å². The standard InChI is InChI=1S/C22H22ClN3O3/c1-28-20-9-8-16(12-24-20)22(27)26-10-4-6-17(14-26)21-25-13-18(29-21)11-15-5-2-3-7-19(15)23/h2-3,5,7-9,12-13,17H,4,6,10-11,14H2,1H3. The summed E-state index contributed by atoms with van der Waals surface area (Å²) in [5.41, 5.74) is 1.56. The van der Waals surface area contributed by atoms with E-state index in [1.54, 1.807) is 31.6 Å². The second kappa shape index (κ2) is 8.66. The zero-order valence-corrected chi connectivity index (χ0v) is 16.9. The van der Waals surface area contributed by atoms with Crippen LogP contribution in [0.2, 0.25) is 5.02 Å². The predicted molar refractivity (Wildman–Crippen MR) is 109 cm³/mol. The number of nitrogens with zero attached hydrogens (tertiary/aromatic N) is 3. The topological polar surface area (TPSA) is 68.5 Å². The molecule has 1 aliphatic rings. The normalized spacial score (nSPS) is 16.6. The van der Waals surface area contributed by atoms with Crippen LogP contribution >= 0.6 is 11.6 Å². The summed E-state index contributed by atoms with van der Waals surface area (Å²) in [4.78, 5) is 23.3. The third-order valence-electron chi connectivity index (χ3n) is 5.14. The maximum atomic E-state index is 12.8. The number of pyridine rings is 1. The second-order valence-corrected chi connectivity index (χ2v) is 7.52. The highest BCUT2D eigenvalue weighted by Crippen LogP contribution is 2.29. The molecule has 0 saturated carbocycles. The first-order valence-corrected chi connectivity index (χ1v) is 9.99. The van der Waals surface area contributed by atoms with Gasteiger partial charge in [0.05, 0.1) is 24.8 Å². The number of carbonyl (C=O) groups is 1. The summed E-state index contributed by atoms with van der Waals surface area (Å²) in [6.45, 7) is 1.30. The zero-order valence-electron chi connectivity index (χ0n) is 16.2. The molecule has 3 aromatic rings. The summed E-state index contributed by atoms with van der Waals surface area (Å²) in [5.74, 6) is 1.99. The first-order chi connectivity index (χ1) is 14.1. The molecule has 1 atom stereocenters. The summed E-state index contributed by atoms with van der Waals surface area (Å²) in [6.07, 6.45) is 5.75. The van der Waals surface area contributed by atoms with Gasteiger partial charge >= 0.3 is 0 Å². The molecule has 1 aromatic carbocycles. The van der Waals surface area contributed by atoms with Crippen LogP contribution in [-0.4, -0.2) is 41.0 Å². The molecule has 0 aliphatic carbocycles. The first kappa shape index (κ1) is 19.5. The Kier molecular flexibility index (Phi) is 5.81. The van der Waals surface area contributed by atoms with Crippen molar-refractivity contribution in [3.63, 3.8) is 0 Å². The Morgan fingerprint density at radius 3 is 2.86 bits per heavy atom. The monoisotopic (exact) mass is 411 g/mol. The predicted octanol–water partition coefficient (Wildman–Crippen LogP) is 4.34. The van der Waals surface area contributed by atoms with Crippen LogP contribution in [0.3, 0.4) is 0 Å². The van der Waals surface area contributed by atoms with Crippen LogP contribution in [0.15, 0.2) is 53.2 Å². The van der Waals surface area contributed by atoms with Crippen LogP contribution in [0.1, 0.15) is 46.3 Å². The van der Waals surface area contributed by atoms with Crippen LogP contribution in [0, 0.1) is 0 Å². The maximum Gasteiger partial charge on any atom is 0.255 e. The van der Waals surface area contributed by atoms with Crippen LogP contribution in [0.4, 0.5) is 0 Å². The summed E-state index contributed by atoms with van der Waals surface area (Å²) in [5, 5.41) is 0.716.